The molecule has 4 heteroatoms. The van der Waals surface area contributed by atoms with E-state index in [2.05, 4.69) is 31.9 Å². The minimum Gasteiger partial charge on any atom is -0.497 e. The van der Waals surface area contributed by atoms with Gasteiger partial charge in [0.1, 0.15) is 5.75 Å². The average molecular weight is 383 g/mol. The lowest BCUT2D eigenvalue weighted by molar-refractivity contribution is 0.415. The highest BCUT2D eigenvalue weighted by atomic mass is 79.9. The normalized spacial score (nSPS) is 10.9. The molecule has 0 atom stereocenters. The molecule has 0 amide bonds. The molecule has 2 aromatic rings. The van der Waals surface area contributed by atoms with Gasteiger partial charge in [-0.05, 0) is 67.3 Å². The Labute approximate surface area is 129 Å². The Morgan fingerprint density at radius 1 is 0.947 bits per heavy atom. The van der Waals surface area contributed by atoms with E-state index in [1.165, 1.54) is 0 Å². The number of ether oxygens (including phenoxy) is 1. The van der Waals surface area contributed by atoms with Crippen molar-refractivity contribution >= 4 is 49.7 Å². The molecule has 0 heterocycles. The number of hydrogen-bond donors (Lipinski definition) is 1. The smallest absolute Gasteiger partial charge is 0.118 e. The molecule has 0 bridgehead atoms. The summed E-state index contributed by atoms with van der Waals surface area (Å²) in [4.78, 5) is 0. The minimum absolute atomic E-state index is 0.710. The second-order valence-corrected chi connectivity index (χ2v) is 5.71. The molecule has 2 nitrogen and oxygen atoms in total. The van der Waals surface area contributed by atoms with Crippen molar-refractivity contribution in [3.63, 3.8) is 0 Å². The van der Waals surface area contributed by atoms with Gasteiger partial charge in [-0.2, -0.15) is 0 Å². The number of nitrogen functional groups attached to an aromatic ring is 1. The Kier molecular flexibility index (Phi) is 4.66. The fourth-order valence-electron chi connectivity index (χ4n) is 1.61. The van der Waals surface area contributed by atoms with Crippen LogP contribution in [-0.4, -0.2) is 7.11 Å². The van der Waals surface area contributed by atoms with E-state index in [0.717, 1.165) is 25.8 Å². The van der Waals surface area contributed by atoms with Gasteiger partial charge < -0.3 is 10.5 Å². The van der Waals surface area contributed by atoms with Gasteiger partial charge >= 0.3 is 0 Å². The van der Waals surface area contributed by atoms with Gasteiger partial charge in [0, 0.05) is 8.95 Å². The van der Waals surface area contributed by atoms with Crippen LogP contribution in [0.25, 0.3) is 12.2 Å². The molecule has 0 spiro atoms. The third-order valence-corrected chi connectivity index (χ3v) is 4.00. The molecule has 0 unspecified atom stereocenters. The van der Waals surface area contributed by atoms with Crippen LogP contribution in [-0.2, 0) is 0 Å². The summed E-state index contributed by atoms with van der Waals surface area (Å²) in [5.41, 5.74) is 8.76. The summed E-state index contributed by atoms with van der Waals surface area (Å²) in [6.07, 6.45) is 4.08. The Morgan fingerprint density at radius 3 is 2.00 bits per heavy atom. The number of nitrogens with two attached hydrogens (primary N) is 1. The molecular weight excluding hydrogens is 370 g/mol. The summed E-state index contributed by atoms with van der Waals surface area (Å²) in [6.45, 7) is 0. The zero-order valence-electron chi connectivity index (χ0n) is 10.4. The monoisotopic (exact) mass is 381 g/mol. The number of benzene rings is 2. The first-order chi connectivity index (χ1) is 9.10. The minimum atomic E-state index is 0.710. The van der Waals surface area contributed by atoms with Gasteiger partial charge in [0.2, 0.25) is 0 Å². The molecule has 0 aliphatic rings. The van der Waals surface area contributed by atoms with Gasteiger partial charge in [0.15, 0.2) is 0 Å². The number of halogens is 2. The molecule has 2 rings (SSSR count). The van der Waals surface area contributed by atoms with Crippen LogP contribution in [0.2, 0.25) is 0 Å². The fraction of sp³-hybridized carbons (Fsp3) is 0.0667. The lowest BCUT2D eigenvalue weighted by Crippen LogP contribution is -1.89. The molecule has 98 valence electrons. The van der Waals surface area contributed by atoms with Gasteiger partial charge in [0.05, 0.1) is 12.8 Å². The quantitative estimate of drug-likeness (QED) is 0.600. The molecule has 0 aliphatic carbocycles. The summed E-state index contributed by atoms with van der Waals surface area (Å²) >= 11 is 6.87. The maximum absolute atomic E-state index is 5.86. The number of hydrogen-bond acceptors (Lipinski definition) is 2. The van der Waals surface area contributed by atoms with Crippen LogP contribution in [0.1, 0.15) is 11.1 Å². The average Bonchev–Trinajstić information content (AvgIpc) is 2.43. The molecule has 0 aliphatic heterocycles. The molecule has 0 saturated carbocycles. The number of anilines is 1. The van der Waals surface area contributed by atoms with E-state index in [1.54, 1.807) is 7.11 Å². The van der Waals surface area contributed by atoms with Gasteiger partial charge in [-0.3, -0.25) is 0 Å². The van der Waals surface area contributed by atoms with Crippen LogP contribution in [0.4, 0.5) is 5.69 Å². The number of rotatable bonds is 3. The van der Waals surface area contributed by atoms with Crippen LogP contribution in [0, 0.1) is 0 Å². The predicted molar refractivity (Wildman–Crippen MR) is 88.2 cm³/mol. The molecule has 19 heavy (non-hydrogen) atoms. The highest BCUT2D eigenvalue weighted by molar-refractivity contribution is 9.11. The van der Waals surface area contributed by atoms with Crippen molar-refractivity contribution in [3.05, 3.63) is 56.5 Å². The van der Waals surface area contributed by atoms with Gasteiger partial charge in [0.25, 0.3) is 0 Å². The Balaban J connectivity index is 2.22. The molecular formula is C15H13Br2NO. The van der Waals surface area contributed by atoms with E-state index in [1.807, 2.05) is 48.6 Å². The lowest BCUT2D eigenvalue weighted by Gasteiger charge is -2.03. The second-order valence-electron chi connectivity index (χ2n) is 4.00. The summed E-state index contributed by atoms with van der Waals surface area (Å²) in [7, 11) is 1.66. The summed E-state index contributed by atoms with van der Waals surface area (Å²) in [5.74, 6) is 0.857. The highest BCUT2D eigenvalue weighted by Gasteiger charge is 2.02. The van der Waals surface area contributed by atoms with Crippen molar-refractivity contribution in [1.29, 1.82) is 0 Å². The lowest BCUT2D eigenvalue weighted by atomic mass is 10.1. The van der Waals surface area contributed by atoms with Crippen molar-refractivity contribution in [1.82, 2.24) is 0 Å². The summed E-state index contributed by atoms with van der Waals surface area (Å²) in [5, 5.41) is 0. The standard InChI is InChI=1S/C15H13Br2NO/c1-19-12-6-4-10(5-7-12)2-3-11-8-13(16)15(18)14(17)9-11/h2-9H,18H2,1H3/b3-2+. The second kappa shape index (κ2) is 6.26. The van der Waals surface area contributed by atoms with Crippen LogP contribution in [0.3, 0.4) is 0 Å². The van der Waals surface area contributed by atoms with Crippen molar-refractivity contribution in [3.8, 4) is 5.75 Å². The van der Waals surface area contributed by atoms with Crippen molar-refractivity contribution in [2.24, 2.45) is 0 Å². The van der Waals surface area contributed by atoms with E-state index < -0.39 is 0 Å². The van der Waals surface area contributed by atoms with Crippen LogP contribution < -0.4 is 10.5 Å². The molecule has 2 aromatic carbocycles. The molecule has 0 aromatic heterocycles. The van der Waals surface area contributed by atoms with Crippen LogP contribution >= 0.6 is 31.9 Å². The molecule has 2 N–H and O–H groups in total. The van der Waals surface area contributed by atoms with Gasteiger partial charge in [-0.25, -0.2) is 0 Å². The zero-order valence-corrected chi connectivity index (χ0v) is 13.5. The van der Waals surface area contributed by atoms with Gasteiger partial charge in [-0.15, -0.1) is 0 Å². The fourth-order valence-corrected chi connectivity index (χ4v) is 2.83. The molecule has 0 saturated heterocycles. The largest absolute Gasteiger partial charge is 0.497 e. The van der Waals surface area contributed by atoms with E-state index in [0.29, 0.717) is 5.69 Å². The summed E-state index contributed by atoms with van der Waals surface area (Å²) in [6, 6.07) is 11.9. The van der Waals surface area contributed by atoms with Crippen molar-refractivity contribution < 1.29 is 4.74 Å². The third-order valence-electron chi connectivity index (χ3n) is 2.69. The molecule has 0 fully saturated rings. The molecule has 0 radical (unpaired) electrons. The van der Waals surface area contributed by atoms with Crippen LogP contribution in [0.5, 0.6) is 5.75 Å². The van der Waals surface area contributed by atoms with E-state index in [9.17, 15) is 0 Å². The SMILES string of the molecule is COc1ccc(/C=C/c2cc(Br)c(N)c(Br)c2)cc1. The predicted octanol–water partition coefficient (Wildman–Crippen LogP) is 4.97. The van der Waals surface area contributed by atoms with E-state index in [-0.39, 0.29) is 0 Å². The Hall–Kier alpha value is -1.26. The van der Waals surface area contributed by atoms with E-state index in [4.69, 9.17) is 10.5 Å². The zero-order chi connectivity index (χ0) is 13.8. The highest BCUT2D eigenvalue weighted by Crippen LogP contribution is 2.30. The third kappa shape index (κ3) is 3.61. The summed E-state index contributed by atoms with van der Waals surface area (Å²) < 4.78 is 6.90. The van der Waals surface area contributed by atoms with Crippen molar-refractivity contribution in [2.75, 3.05) is 12.8 Å². The van der Waals surface area contributed by atoms with Crippen LogP contribution in [0.15, 0.2) is 45.3 Å². The Morgan fingerprint density at radius 2 is 1.47 bits per heavy atom. The van der Waals surface area contributed by atoms with Gasteiger partial charge in [-0.1, -0.05) is 24.3 Å². The van der Waals surface area contributed by atoms with E-state index >= 15 is 0 Å². The van der Waals surface area contributed by atoms with Crippen molar-refractivity contribution in [2.45, 2.75) is 0 Å². The maximum Gasteiger partial charge on any atom is 0.118 e. The maximum atomic E-state index is 5.86. The number of methoxy groups -OCH3 is 1. The Bertz CT molecular complexity index is 583. The first-order valence-electron chi connectivity index (χ1n) is 5.67. The first kappa shape index (κ1) is 14.2. The topological polar surface area (TPSA) is 35.2 Å². The first-order valence-corrected chi connectivity index (χ1v) is 7.25.